The number of hydrogen-bond donors (Lipinski definition) is 1. The Balaban J connectivity index is 2.30. The number of primary amides is 1. The van der Waals surface area contributed by atoms with Gasteiger partial charge in [-0.25, -0.2) is 4.39 Å². The largest absolute Gasteiger partial charge is 0.416 e. The van der Waals surface area contributed by atoms with Crippen molar-refractivity contribution in [2.24, 2.45) is 5.73 Å². The number of nitrogens with zero attached hydrogens (tertiary/aromatic N) is 1. The van der Waals surface area contributed by atoms with Crippen LogP contribution in [-0.2, 0) is 12.7 Å². The van der Waals surface area contributed by atoms with Gasteiger partial charge in [-0.1, -0.05) is 28.1 Å². The van der Waals surface area contributed by atoms with Crippen LogP contribution in [0.4, 0.5) is 23.2 Å². The van der Waals surface area contributed by atoms with Crippen LogP contribution in [0, 0.1) is 5.82 Å². The first-order valence-electron chi connectivity index (χ1n) is 6.75. The number of anilines is 1. The highest BCUT2D eigenvalue weighted by Gasteiger charge is 2.30. The number of halogens is 5. The fraction of sp³-hybridized carbons (Fsp3) is 0.188. The van der Waals surface area contributed by atoms with Gasteiger partial charge >= 0.3 is 6.18 Å². The molecule has 0 aliphatic heterocycles. The second kappa shape index (κ2) is 6.80. The highest BCUT2D eigenvalue weighted by Crippen LogP contribution is 2.30. The van der Waals surface area contributed by atoms with Gasteiger partial charge in [0.25, 0.3) is 5.91 Å². The van der Waals surface area contributed by atoms with Crippen molar-refractivity contribution in [3.8, 4) is 0 Å². The lowest BCUT2D eigenvalue weighted by Gasteiger charge is -2.22. The highest BCUT2D eigenvalue weighted by atomic mass is 79.9. The standard InChI is InChI=1S/C16H13BrF4N2O/c1-23(8-9-2-4-10(5-3-9)16(19,20)21)13-7-11(17)6-12(18)14(13)15(22)24/h2-7H,8H2,1H3,(H2,22,24). The van der Waals surface area contributed by atoms with Crippen LogP contribution in [0.25, 0.3) is 0 Å². The molecule has 0 saturated carbocycles. The molecule has 3 nitrogen and oxygen atoms in total. The fourth-order valence-electron chi connectivity index (χ4n) is 2.26. The van der Waals surface area contributed by atoms with E-state index in [1.54, 1.807) is 7.05 Å². The van der Waals surface area contributed by atoms with Crippen LogP contribution in [0.2, 0.25) is 0 Å². The Bertz CT molecular complexity index is 760. The Morgan fingerprint density at radius 1 is 1.21 bits per heavy atom. The lowest BCUT2D eigenvalue weighted by Crippen LogP contribution is -2.23. The normalized spacial score (nSPS) is 11.4. The minimum absolute atomic E-state index is 0.175. The molecule has 2 aromatic carbocycles. The minimum atomic E-state index is -4.41. The van der Waals surface area contributed by atoms with E-state index in [-0.39, 0.29) is 17.8 Å². The number of amides is 1. The van der Waals surface area contributed by atoms with Gasteiger partial charge in [0.15, 0.2) is 0 Å². The van der Waals surface area contributed by atoms with Crippen molar-refractivity contribution in [2.75, 3.05) is 11.9 Å². The predicted octanol–water partition coefficient (Wildman–Crippen LogP) is 4.34. The van der Waals surface area contributed by atoms with Crippen LogP contribution in [0.3, 0.4) is 0 Å². The molecule has 2 N–H and O–H groups in total. The maximum absolute atomic E-state index is 14.0. The lowest BCUT2D eigenvalue weighted by atomic mass is 10.1. The second-order valence-electron chi connectivity index (χ2n) is 5.20. The molecule has 2 aromatic rings. The maximum atomic E-state index is 14.0. The number of carbonyl (C=O) groups excluding carboxylic acids is 1. The SMILES string of the molecule is CN(Cc1ccc(C(F)(F)F)cc1)c1cc(Br)cc(F)c1C(N)=O. The predicted molar refractivity (Wildman–Crippen MR) is 86.2 cm³/mol. The van der Waals surface area contributed by atoms with Gasteiger partial charge in [-0.15, -0.1) is 0 Å². The van der Waals surface area contributed by atoms with Crippen LogP contribution in [0.5, 0.6) is 0 Å². The van der Waals surface area contributed by atoms with E-state index < -0.39 is 23.5 Å². The molecule has 0 atom stereocenters. The zero-order valence-corrected chi connectivity index (χ0v) is 14.1. The summed E-state index contributed by atoms with van der Waals surface area (Å²) in [6.45, 7) is 0.175. The number of hydrogen-bond acceptors (Lipinski definition) is 2. The summed E-state index contributed by atoms with van der Waals surface area (Å²) in [5.41, 5.74) is 5.01. The van der Waals surface area contributed by atoms with E-state index in [0.29, 0.717) is 10.0 Å². The zero-order valence-electron chi connectivity index (χ0n) is 12.5. The van der Waals surface area contributed by atoms with Crippen LogP contribution >= 0.6 is 15.9 Å². The summed E-state index contributed by atoms with van der Waals surface area (Å²) in [4.78, 5) is 13.0. The Morgan fingerprint density at radius 2 is 1.79 bits per heavy atom. The van der Waals surface area contributed by atoms with Crippen molar-refractivity contribution >= 4 is 27.5 Å². The average Bonchev–Trinajstić information content (AvgIpc) is 2.45. The van der Waals surface area contributed by atoms with Gasteiger partial charge in [0.1, 0.15) is 5.82 Å². The van der Waals surface area contributed by atoms with Crippen molar-refractivity contribution in [2.45, 2.75) is 12.7 Å². The molecule has 0 bridgehead atoms. The molecule has 0 aliphatic carbocycles. The summed E-state index contributed by atoms with van der Waals surface area (Å²) in [5.74, 6) is -1.69. The average molecular weight is 405 g/mol. The first-order valence-corrected chi connectivity index (χ1v) is 7.55. The maximum Gasteiger partial charge on any atom is 0.416 e. The highest BCUT2D eigenvalue weighted by molar-refractivity contribution is 9.10. The van der Waals surface area contributed by atoms with Crippen LogP contribution in [0.15, 0.2) is 40.9 Å². The Kier molecular flexibility index (Phi) is 5.17. The van der Waals surface area contributed by atoms with Gasteiger partial charge < -0.3 is 10.6 Å². The molecule has 0 spiro atoms. The van der Waals surface area contributed by atoms with Crippen LogP contribution in [-0.4, -0.2) is 13.0 Å². The van der Waals surface area contributed by atoms with Crippen molar-refractivity contribution in [3.63, 3.8) is 0 Å². The zero-order chi connectivity index (χ0) is 18.1. The molecule has 0 aliphatic rings. The summed E-state index contributed by atoms with van der Waals surface area (Å²) < 4.78 is 52.1. The van der Waals surface area contributed by atoms with Crippen LogP contribution < -0.4 is 10.6 Å². The molecule has 0 saturated heterocycles. The summed E-state index contributed by atoms with van der Waals surface area (Å²) in [5, 5.41) is 0. The van der Waals surface area contributed by atoms with Crippen molar-refractivity contribution in [1.82, 2.24) is 0 Å². The number of alkyl halides is 3. The van der Waals surface area contributed by atoms with Gasteiger partial charge in [-0.05, 0) is 29.8 Å². The monoisotopic (exact) mass is 404 g/mol. The second-order valence-corrected chi connectivity index (χ2v) is 6.11. The van der Waals surface area contributed by atoms with Gasteiger partial charge in [-0.3, -0.25) is 4.79 Å². The van der Waals surface area contributed by atoms with E-state index in [2.05, 4.69) is 15.9 Å². The quantitative estimate of drug-likeness (QED) is 0.770. The van der Waals surface area contributed by atoms with Crippen molar-refractivity contribution < 1.29 is 22.4 Å². The van der Waals surface area contributed by atoms with Gasteiger partial charge in [0, 0.05) is 18.1 Å². The van der Waals surface area contributed by atoms with Crippen LogP contribution in [0.1, 0.15) is 21.5 Å². The first kappa shape index (κ1) is 18.3. The first-order chi connectivity index (χ1) is 11.1. The molecule has 0 unspecified atom stereocenters. The number of rotatable bonds is 4. The molecule has 2 rings (SSSR count). The summed E-state index contributed by atoms with van der Waals surface area (Å²) in [6.07, 6.45) is -4.41. The molecule has 8 heteroatoms. The van der Waals surface area contributed by atoms with E-state index in [1.165, 1.54) is 23.1 Å². The van der Waals surface area contributed by atoms with E-state index in [4.69, 9.17) is 5.73 Å². The Labute approximate surface area is 144 Å². The number of carbonyl (C=O) groups is 1. The fourth-order valence-corrected chi connectivity index (χ4v) is 2.68. The number of benzene rings is 2. The third-order valence-corrected chi connectivity index (χ3v) is 3.85. The van der Waals surface area contributed by atoms with Gasteiger partial charge in [-0.2, -0.15) is 13.2 Å². The molecular formula is C16H13BrF4N2O. The molecule has 0 fully saturated rings. The Hall–Kier alpha value is -2.09. The summed E-state index contributed by atoms with van der Waals surface area (Å²) in [7, 11) is 1.59. The van der Waals surface area contributed by atoms with E-state index in [0.717, 1.165) is 18.2 Å². The van der Waals surface area contributed by atoms with Gasteiger partial charge in [0.05, 0.1) is 16.8 Å². The smallest absolute Gasteiger partial charge is 0.370 e. The van der Waals surface area contributed by atoms with E-state index in [1.807, 2.05) is 0 Å². The minimum Gasteiger partial charge on any atom is -0.370 e. The molecule has 128 valence electrons. The van der Waals surface area contributed by atoms with Crippen molar-refractivity contribution in [1.29, 1.82) is 0 Å². The molecule has 24 heavy (non-hydrogen) atoms. The van der Waals surface area contributed by atoms with E-state index in [9.17, 15) is 22.4 Å². The molecular weight excluding hydrogens is 392 g/mol. The molecule has 0 aromatic heterocycles. The van der Waals surface area contributed by atoms with Crippen molar-refractivity contribution in [3.05, 3.63) is 63.4 Å². The third-order valence-electron chi connectivity index (χ3n) is 3.39. The summed E-state index contributed by atoms with van der Waals surface area (Å²) >= 11 is 3.14. The van der Waals surface area contributed by atoms with E-state index >= 15 is 0 Å². The lowest BCUT2D eigenvalue weighted by molar-refractivity contribution is -0.137. The summed E-state index contributed by atoms with van der Waals surface area (Å²) in [6, 6.07) is 7.25. The third kappa shape index (κ3) is 4.05. The molecule has 0 radical (unpaired) electrons. The number of nitrogens with two attached hydrogens (primary N) is 1. The molecule has 1 amide bonds. The topological polar surface area (TPSA) is 46.3 Å². The Morgan fingerprint density at radius 3 is 2.29 bits per heavy atom. The molecule has 0 heterocycles. The van der Waals surface area contributed by atoms with Gasteiger partial charge in [0.2, 0.25) is 0 Å².